The molecule has 2 aromatic carbocycles. The van der Waals surface area contributed by atoms with Crippen LogP contribution in [0.3, 0.4) is 0 Å². The standard InChI is InChI=1S/C22H22N2O4/c1-14-12-24(13-15(2)27-14)22(26)17-8-4-5-9-18(17)23-21(25)20-11-16-7-3-6-10-19(16)28-20/h3-11,14-15H,12-13H2,1-2H3,(H,23,25)/t14-,15+. The first kappa shape index (κ1) is 18.3. The van der Waals surface area contributed by atoms with E-state index in [1.807, 2.05) is 38.1 Å². The molecule has 0 aliphatic carbocycles. The monoisotopic (exact) mass is 378 g/mol. The highest BCUT2D eigenvalue weighted by atomic mass is 16.5. The number of carbonyl (C=O) groups is 2. The van der Waals surface area contributed by atoms with Gasteiger partial charge in [-0.2, -0.15) is 0 Å². The van der Waals surface area contributed by atoms with Crippen LogP contribution in [0.25, 0.3) is 11.0 Å². The number of nitrogens with zero attached hydrogens (tertiary/aromatic N) is 1. The number of carbonyl (C=O) groups excluding carboxylic acids is 2. The Hall–Kier alpha value is -3.12. The summed E-state index contributed by atoms with van der Waals surface area (Å²) in [6, 6.07) is 16.2. The Morgan fingerprint density at radius 2 is 1.68 bits per heavy atom. The Bertz CT molecular complexity index is 983. The molecule has 6 heteroatoms. The molecule has 0 unspecified atom stereocenters. The van der Waals surface area contributed by atoms with E-state index in [1.54, 1.807) is 35.2 Å². The fourth-order valence-electron chi connectivity index (χ4n) is 3.57. The number of hydrogen-bond acceptors (Lipinski definition) is 4. The summed E-state index contributed by atoms with van der Waals surface area (Å²) in [6.07, 6.45) is -0.0463. The zero-order valence-electron chi connectivity index (χ0n) is 15.8. The van der Waals surface area contributed by atoms with Gasteiger partial charge in [-0.3, -0.25) is 9.59 Å². The maximum atomic E-state index is 13.1. The van der Waals surface area contributed by atoms with Crippen molar-refractivity contribution in [3.63, 3.8) is 0 Å². The maximum absolute atomic E-state index is 13.1. The van der Waals surface area contributed by atoms with Crippen molar-refractivity contribution in [2.24, 2.45) is 0 Å². The van der Waals surface area contributed by atoms with E-state index in [0.29, 0.717) is 29.9 Å². The van der Waals surface area contributed by atoms with Crippen LogP contribution in [-0.4, -0.2) is 42.0 Å². The minimum atomic E-state index is -0.389. The van der Waals surface area contributed by atoms with Crippen LogP contribution < -0.4 is 5.32 Å². The second-order valence-electron chi connectivity index (χ2n) is 7.12. The van der Waals surface area contributed by atoms with Crippen LogP contribution >= 0.6 is 0 Å². The average molecular weight is 378 g/mol. The number of anilines is 1. The van der Waals surface area contributed by atoms with Gasteiger partial charge in [0.1, 0.15) is 5.58 Å². The van der Waals surface area contributed by atoms with Gasteiger partial charge in [0.05, 0.1) is 23.5 Å². The highest BCUT2D eigenvalue weighted by molar-refractivity contribution is 6.09. The second-order valence-corrected chi connectivity index (χ2v) is 7.12. The summed E-state index contributed by atoms with van der Waals surface area (Å²) in [5, 5.41) is 3.67. The van der Waals surface area contributed by atoms with Gasteiger partial charge in [0.25, 0.3) is 11.8 Å². The normalized spacial score (nSPS) is 19.6. The molecule has 1 N–H and O–H groups in total. The van der Waals surface area contributed by atoms with Gasteiger partial charge in [0, 0.05) is 18.5 Å². The van der Waals surface area contributed by atoms with E-state index in [9.17, 15) is 9.59 Å². The van der Waals surface area contributed by atoms with E-state index in [-0.39, 0.29) is 29.8 Å². The lowest BCUT2D eigenvalue weighted by Gasteiger charge is -2.35. The largest absolute Gasteiger partial charge is 0.451 e. The van der Waals surface area contributed by atoms with Gasteiger partial charge in [0.2, 0.25) is 0 Å². The molecule has 28 heavy (non-hydrogen) atoms. The number of para-hydroxylation sites is 2. The molecule has 1 fully saturated rings. The van der Waals surface area contributed by atoms with Crippen LogP contribution in [0.2, 0.25) is 0 Å². The van der Waals surface area contributed by atoms with Crippen molar-refractivity contribution < 1.29 is 18.7 Å². The Balaban J connectivity index is 1.57. The number of rotatable bonds is 3. The Kier molecular flexibility index (Phi) is 4.88. The van der Waals surface area contributed by atoms with Crippen molar-refractivity contribution in [3.8, 4) is 0 Å². The smallest absolute Gasteiger partial charge is 0.291 e. The molecule has 1 aliphatic rings. The van der Waals surface area contributed by atoms with Crippen LogP contribution in [0.5, 0.6) is 0 Å². The summed E-state index contributed by atoms with van der Waals surface area (Å²) in [4.78, 5) is 27.5. The summed E-state index contributed by atoms with van der Waals surface area (Å²) < 4.78 is 11.3. The van der Waals surface area contributed by atoms with Crippen molar-refractivity contribution in [3.05, 3.63) is 65.9 Å². The van der Waals surface area contributed by atoms with Crippen molar-refractivity contribution >= 4 is 28.5 Å². The van der Waals surface area contributed by atoms with Crippen molar-refractivity contribution in [2.75, 3.05) is 18.4 Å². The molecule has 0 bridgehead atoms. The first-order chi connectivity index (χ1) is 13.5. The van der Waals surface area contributed by atoms with Crippen LogP contribution in [0, 0.1) is 0 Å². The first-order valence-electron chi connectivity index (χ1n) is 9.35. The minimum Gasteiger partial charge on any atom is -0.451 e. The van der Waals surface area contributed by atoms with Gasteiger partial charge in [-0.15, -0.1) is 0 Å². The molecule has 0 spiro atoms. The van der Waals surface area contributed by atoms with E-state index in [0.717, 1.165) is 5.39 Å². The Morgan fingerprint density at radius 1 is 1.00 bits per heavy atom. The molecule has 2 amide bonds. The average Bonchev–Trinajstić information content (AvgIpc) is 3.11. The zero-order chi connectivity index (χ0) is 19.7. The number of nitrogens with one attached hydrogen (secondary N) is 1. The number of morpholine rings is 1. The van der Waals surface area contributed by atoms with Gasteiger partial charge in [-0.05, 0) is 38.1 Å². The van der Waals surface area contributed by atoms with Gasteiger partial charge >= 0.3 is 0 Å². The number of hydrogen-bond donors (Lipinski definition) is 1. The summed E-state index contributed by atoms with van der Waals surface area (Å²) in [6.45, 7) is 4.94. The maximum Gasteiger partial charge on any atom is 0.291 e. The fraction of sp³-hybridized carbons (Fsp3) is 0.273. The number of fused-ring (bicyclic) bond motifs is 1. The predicted octanol–water partition coefficient (Wildman–Crippen LogP) is 3.93. The molecular formula is C22H22N2O4. The molecule has 2 heterocycles. The summed E-state index contributed by atoms with van der Waals surface area (Å²) in [5.41, 5.74) is 1.56. The second kappa shape index (κ2) is 7.48. The molecule has 0 saturated carbocycles. The molecule has 0 radical (unpaired) electrons. The molecule has 144 valence electrons. The molecule has 3 aromatic rings. The van der Waals surface area contributed by atoms with Crippen LogP contribution in [0.4, 0.5) is 5.69 Å². The topological polar surface area (TPSA) is 71.8 Å². The van der Waals surface area contributed by atoms with Crippen molar-refractivity contribution in [1.29, 1.82) is 0 Å². The predicted molar refractivity (Wildman–Crippen MR) is 107 cm³/mol. The Morgan fingerprint density at radius 3 is 2.43 bits per heavy atom. The van der Waals surface area contributed by atoms with Crippen molar-refractivity contribution in [2.45, 2.75) is 26.1 Å². The van der Waals surface area contributed by atoms with E-state index in [1.165, 1.54) is 0 Å². The van der Waals surface area contributed by atoms with Crippen LogP contribution in [0.15, 0.2) is 59.0 Å². The third kappa shape index (κ3) is 3.64. The number of amides is 2. The third-order valence-electron chi connectivity index (χ3n) is 4.76. The summed E-state index contributed by atoms with van der Waals surface area (Å²) in [7, 11) is 0. The molecule has 1 saturated heterocycles. The SMILES string of the molecule is C[C@@H]1CN(C(=O)c2ccccc2NC(=O)c2cc3ccccc3o2)C[C@H](C)O1. The highest BCUT2D eigenvalue weighted by Crippen LogP contribution is 2.23. The number of furan rings is 1. The molecule has 4 rings (SSSR count). The molecule has 1 aliphatic heterocycles. The lowest BCUT2D eigenvalue weighted by Crippen LogP contribution is -2.48. The highest BCUT2D eigenvalue weighted by Gasteiger charge is 2.28. The fourth-order valence-corrected chi connectivity index (χ4v) is 3.57. The minimum absolute atomic E-state index is 0.0231. The van der Waals surface area contributed by atoms with E-state index in [2.05, 4.69) is 5.32 Å². The summed E-state index contributed by atoms with van der Waals surface area (Å²) >= 11 is 0. The summed E-state index contributed by atoms with van der Waals surface area (Å²) in [5.74, 6) is -0.306. The quantitative estimate of drug-likeness (QED) is 0.749. The molecule has 1 aromatic heterocycles. The van der Waals surface area contributed by atoms with Gasteiger partial charge < -0.3 is 19.4 Å². The van der Waals surface area contributed by atoms with Gasteiger partial charge in [0.15, 0.2) is 5.76 Å². The molecule has 2 atom stereocenters. The molecule has 6 nitrogen and oxygen atoms in total. The van der Waals surface area contributed by atoms with Gasteiger partial charge in [-0.1, -0.05) is 30.3 Å². The zero-order valence-corrected chi connectivity index (χ0v) is 15.8. The Labute approximate surface area is 163 Å². The van der Waals surface area contributed by atoms with E-state index >= 15 is 0 Å². The lowest BCUT2D eigenvalue weighted by atomic mass is 10.1. The van der Waals surface area contributed by atoms with E-state index < -0.39 is 0 Å². The first-order valence-corrected chi connectivity index (χ1v) is 9.35. The van der Waals surface area contributed by atoms with Crippen molar-refractivity contribution in [1.82, 2.24) is 4.90 Å². The lowest BCUT2D eigenvalue weighted by molar-refractivity contribution is -0.0585. The number of benzene rings is 2. The van der Waals surface area contributed by atoms with Crippen LogP contribution in [0.1, 0.15) is 34.8 Å². The number of ether oxygens (including phenoxy) is 1. The third-order valence-corrected chi connectivity index (χ3v) is 4.76. The molecular weight excluding hydrogens is 356 g/mol. The van der Waals surface area contributed by atoms with Crippen LogP contribution in [-0.2, 0) is 4.74 Å². The van der Waals surface area contributed by atoms with Gasteiger partial charge in [-0.25, -0.2) is 0 Å². The van der Waals surface area contributed by atoms with E-state index in [4.69, 9.17) is 9.15 Å².